The van der Waals surface area contributed by atoms with Gasteiger partial charge in [0, 0.05) is 29.2 Å². The van der Waals surface area contributed by atoms with Crippen LogP contribution in [0, 0.1) is 0 Å². The van der Waals surface area contributed by atoms with Crippen molar-refractivity contribution in [3.8, 4) is 28.7 Å². The number of phenolic OH excluding ortho intramolecular Hbond substituents is 4. The maximum Gasteiger partial charge on any atom is 0.174 e. The van der Waals surface area contributed by atoms with Crippen molar-refractivity contribution in [2.75, 3.05) is 0 Å². The number of aliphatic hydroxyl groups is 1. The molecular formula is C30H36O7. The molecular weight excluding hydrogens is 472 g/mol. The van der Waals surface area contributed by atoms with Crippen LogP contribution in [0.25, 0.3) is 0 Å². The van der Waals surface area contributed by atoms with Crippen molar-refractivity contribution in [1.29, 1.82) is 0 Å². The van der Waals surface area contributed by atoms with Crippen LogP contribution < -0.4 is 4.74 Å². The van der Waals surface area contributed by atoms with Crippen LogP contribution in [-0.2, 0) is 12.8 Å². The van der Waals surface area contributed by atoms with Gasteiger partial charge in [-0.3, -0.25) is 4.79 Å². The lowest BCUT2D eigenvalue weighted by Gasteiger charge is -2.29. The first-order valence-electron chi connectivity index (χ1n) is 12.3. The van der Waals surface area contributed by atoms with Crippen LogP contribution >= 0.6 is 0 Å². The van der Waals surface area contributed by atoms with Gasteiger partial charge in [0.1, 0.15) is 28.9 Å². The predicted molar refractivity (Wildman–Crippen MR) is 143 cm³/mol. The molecule has 0 spiro atoms. The molecule has 5 N–H and O–H groups in total. The first-order chi connectivity index (χ1) is 17.4. The summed E-state index contributed by atoms with van der Waals surface area (Å²) in [7, 11) is 0. The Morgan fingerprint density at radius 2 is 1.76 bits per heavy atom. The first kappa shape index (κ1) is 27.9. The molecule has 7 nitrogen and oxygen atoms in total. The second kappa shape index (κ2) is 11.6. The maximum atomic E-state index is 13.1. The lowest BCUT2D eigenvalue weighted by molar-refractivity contribution is 0.0842. The first-order valence-corrected chi connectivity index (χ1v) is 12.3. The van der Waals surface area contributed by atoms with E-state index in [1.807, 2.05) is 26.8 Å². The van der Waals surface area contributed by atoms with Crippen LogP contribution in [0.3, 0.4) is 0 Å². The lowest BCUT2D eigenvalue weighted by atomic mass is 9.89. The van der Waals surface area contributed by atoms with Crippen LogP contribution in [0.4, 0.5) is 0 Å². The number of carbonyl (C=O) groups is 1. The highest BCUT2D eigenvalue weighted by molar-refractivity contribution is 6.03. The van der Waals surface area contributed by atoms with Gasteiger partial charge in [-0.25, -0.2) is 0 Å². The number of allylic oxidation sites excluding steroid dienone is 4. The molecule has 1 heterocycles. The van der Waals surface area contributed by atoms with Crippen molar-refractivity contribution in [2.45, 2.75) is 72.0 Å². The number of aromatic hydroxyl groups is 4. The quantitative estimate of drug-likeness (QED) is 0.210. The molecule has 7 heteroatoms. The maximum absolute atomic E-state index is 13.1. The summed E-state index contributed by atoms with van der Waals surface area (Å²) in [6.45, 7) is 11.4. The molecule has 2 aromatic carbocycles. The average molecular weight is 509 g/mol. The van der Waals surface area contributed by atoms with Crippen LogP contribution in [0.1, 0.15) is 80.1 Å². The number of ether oxygens (including phenoxy) is 1. The monoisotopic (exact) mass is 508 g/mol. The number of benzene rings is 2. The molecule has 0 saturated heterocycles. The number of ketones is 1. The van der Waals surface area contributed by atoms with Crippen molar-refractivity contribution < 1.29 is 35.1 Å². The fourth-order valence-electron chi connectivity index (χ4n) is 4.37. The zero-order valence-corrected chi connectivity index (χ0v) is 21.8. The van der Waals surface area contributed by atoms with Gasteiger partial charge in [-0.2, -0.15) is 0 Å². The molecule has 1 aliphatic heterocycles. The van der Waals surface area contributed by atoms with Gasteiger partial charge in [-0.05, 0) is 53.0 Å². The highest BCUT2D eigenvalue weighted by Gasteiger charge is 2.34. The van der Waals surface area contributed by atoms with Gasteiger partial charge in [0.15, 0.2) is 17.3 Å². The van der Waals surface area contributed by atoms with Crippen LogP contribution in [0.2, 0.25) is 0 Å². The summed E-state index contributed by atoms with van der Waals surface area (Å²) in [4.78, 5) is 13.1. The Hall–Kier alpha value is -3.71. The third-order valence-electron chi connectivity index (χ3n) is 6.62. The minimum atomic E-state index is -0.997. The van der Waals surface area contributed by atoms with E-state index in [-0.39, 0.29) is 47.0 Å². The fourth-order valence-corrected chi connectivity index (χ4v) is 4.37. The molecule has 37 heavy (non-hydrogen) atoms. The van der Waals surface area contributed by atoms with Crippen LogP contribution in [-0.4, -0.2) is 37.4 Å². The molecule has 0 aliphatic carbocycles. The van der Waals surface area contributed by atoms with Crippen molar-refractivity contribution >= 4 is 5.78 Å². The number of rotatable bonds is 9. The van der Waals surface area contributed by atoms with E-state index >= 15 is 0 Å². The molecule has 1 unspecified atom stereocenters. The largest absolute Gasteiger partial charge is 0.507 e. The Kier molecular flexibility index (Phi) is 8.71. The van der Waals surface area contributed by atoms with Gasteiger partial charge < -0.3 is 30.3 Å². The summed E-state index contributed by atoms with van der Waals surface area (Å²) >= 11 is 0. The topological polar surface area (TPSA) is 127 Å². The number of phenols is 4. The summed E-state index contributed by atoms with van der Waals surface area (Å²) in [5, 5.41) is 52.2. The fraction of sp³-hybridized carbons (Fsp3) is 0.367. The molecule has 2 aromatic rings. The minimum Gasteiger partial charge on any atom is -0.507 e. The van der Waals surface area contributed by atoms with Crippen molar-refractivity contribution in [3.05, 3.63) is 75.9 Å². The summed E-state index contributed by atoms with van der Waals surface area (Å²) in [6, 6.07) is 4.21. The highest BCUT2D eigenvalue weighted by Crippen LogP contribution is 2.46. The Morgan fingerprint density at radius 3 is 2.41 bits per heavy atom. The molecule has 3 rings (SSSR count). The number of Topliss-reactive ketones (excluding diaryl/α,β-unsaturated/α-hetero) is 1. The van der Waals surface area contributed by atoms with E-state index in [1.54, 1.807) is 13.0 Å². The van der Waals surface area contributed by atoms with Gasteiger partial charge in [-0.1, -0.05) is 41.5 Å². The molecule has 0 amide bonds. The molecule has 0 radical (unpaired) electrons. The van der Waals surface area contributed by atoms with Gasteiger partial charge in [0.25, 0.3) is 0 Å². The van der Waals surface area contributed by atoms with Crippen molar-refractivity contribution in [1.82, 2.24) is 0 Å². The molecule has 1 aliphatic rings. The van der Waals surface area contributed by atoms with E-state index in [4.69, 9.17) is 4.74 Å². The second-order valence-corrected chi connectivity index (χ2v) is 9.97. The van der Waals surface area contributed by atoms with Gasteiger partial charge in [0.05, 0.1) is 12.5 Å². The Morgan fingerprint density at radius 1 is 1.05 bits per heavy atom. The SMILES string of the molecule is C=C(C)C(O)Cc1c(O)cc2c(c1O)C(=O)C[C@@H](c1ccc(O)c(O)c1C/C=C(\C)CCC=C(C)C)O2. The van der Waals surface area contributed by atoms with Crippen LogP contribution in [0.15, 0.2) is 53.6 Å². The standard InChI is InChI=1S/C30H36O7/c1-16(2)7-6-8-18(5)9-10-20-19(11-12-22(31)29(20)35)26-15-25(34)28-27(37-26)14-24(33)21(30(28)36)13-23(32)17(3)4/h7,9,11-12,14,23,26,31-33,35-36H,3,6,8,10,13,15H2,1-2,4-5H3/b18-9+/t23?,26-/m0/s1. The molecule has 198 valence electrons. The van der Waals surface area contributed by atoms with E-state index < -0.39 is 23.7 Å². The van der Waals surface area contributed by atoms with E-state index in [2.05, 4.69) is 12.7 Å². The van der Waals surface area contributed by atoms with Crippen molar-refractivity contribution in [2.24, 2.45) is 0 Å². The zero-order valence-electron chi connectivity index (χ0n) is 21.8. The third-order valence-corrected chi connectivity index (χ3v) is 6.62. The predicted octanol–water partition coefficient (Wildman–Crippen LogP) is 5.93. The summed E-state index contributed by atoms with van der Waals surface area (Å²) in [6.07, 6.45) is 4.20. The zero-order chi connectivity index (χ0) is 27.4. The second-order valence-electron chi connectivity index (χ2n) is 9.97. The van der Waals surface area contributed by atoms with Gasteiger partial charge in [0.2, 0.25) is 0 Å². The molecule has 0 bridgehead atoms. The number of aliphatic hydroxyl groups excluding tert-OH is 1. The van der Waals surface area contributed by atoms with Gasteiger partial charge in [-0.15, -0.1) is 0 Å². The number of fused-ring (bicyclic) bond motifs is 1. The Bertz CT molecular complexity index is 1270. The minimum absolute atomic E-state index is 0.0109. The van der Waals surface area contributed by atoms with E-state index in [9.17, 15) is 30.3 Å². The van der Waals surface area contributed by atoms with E-state index in [0.29, 0.717) is 23.1 Å². The average Bonchev–Trinajstić information content (AvgIpc) is 2.81. The molecule has 0 saturated carbocycles. The lowest BCUT2D eigenvalue weighted by Crippen LogP contribution is -2.22. The highest BCUT2D eigenvalue weighted by atomic mass is 16.5. The number of carbonyl (C=O) groups excluding carboxylic acids is 1. The number of hydrogen-bond acceptors (Lipinski definition) is 7. The van der Waals surface area contributed by atoms with Crippen molar-refractivity contribution in [3.63, 3.8) is 0 Å². The van der Waals surface area contributed by atoms with Gasteiger partial charge >= 0.3 is 0 Å². The molecule has 2 atom stereocenters. The van der Waals surface area contributed by atoms with E-state index in [0.717, 1.165) is 18.4 Å². The summed E-state index contributed by atoms with van der Waals surface area (Å²) < 4.78 is 6.05. The molecule has 0 fully saturated rings. The Labute approximate surface area is 217 Å². The normalized spacial score (nSPS) is 16.1. The number of hydrogen-bond donors (Lipinski definition) is 5. The Balaban J connectivity index is 1.94. The van der Waals surface area contributed by atoms with E-state index in [1.165, 1.54) is 17.7 Å². The van der Waals surface area contributed by atoms with Crippen LogP contribution in [0.5, 0.6) is 28.7 Å². The smallest absolute Gasteiger partial charge is 0.174 e. The third kappa shape index (κ3) is 6.35. The summed E-state index contributed by atoms with van der Waals surface area (Å²) in [5.74, 6) is -1.68. The molecule has 0 aromatic heterocycles. The summed E-state index contributed by atoms with van der Waals surface area (Å²) in [5.41, 5.74) is 3.78.